The van der Waals surface area contributed by atoms with Gasteiger partial charge in [0.2, 0.25) is 0 Å². The Morgan fingerprint density at radius 1 is 1.14 bits per heavy atom. The average Bonchev–Trinajstić information content (AvgIpc) is 2.72. The predicted octanol–water partition coefficient (Wildman–Crippen LogP) is 2.69. The summed E-state index contributed by atoms with van der Waals surface area (Å²) in [5.41, 5.74) is 0.543. The number of rotatable bonds is 10. The van der Waals surface area contributed by atoms with E-state index in [9.17, 15) is 9.18 Å². The smallest absolute Gasteiger partial charge is 0.252 e. The maximum atomic E-state index is 12.9. The molecular formula is C20H26FN5OS. The van der Waals surface area contributed by atoms with E-state index < -0.39 is 0 Å². The van der Waals surface area contributed by atoms with E-state index in [4.69, 9.17) is 0 Å². The Bertz CT molecular complexity index is 740. The summed E-state index contributed by atoms with van der Waals surface area (Å²) in [6.45, 7) is 4.51. The lowest BCUT2D eigenvalue weighted by molar-refractivity contribution is 0.0954. The number of amides is 1. The number of carbonyl (C=O) groups excluding carboxylic acids is 1. The quantitative estimate of drug-likeness (QED) is 0.246. The standard InChI is InChI=1S/C20H26FN5OS/c1-2-23-20(25-11-4-14-28-18-8-6-17(21)7-9-18)26-13-12-24-19(27)16-5-3-10-22-15-16/h3,5-10,15H,2,4,11-14H2,1H3,(H,24,27)(H2,23,25,26). The number of guanidine groups is 1. The molecule has 0 fully saturated rings. The van der Waals surface area contributed by atoms with Gasteiger partial charge in [0.25, 0.3) is 5.91 Å². The molecule has 28 heavy (non-hydrogen) atoms. The molecule has 1 aromatic heterocycles. The zero-order chi connectivity index (χ0) is 20.0. The lowest BCUT2D eigenvalue weighted by atomic mass is 10.3. The maximum absolute atomic E-state index is 12.9. The van der Waals surface area contributed by atoms with Crippen molar-refractivity contribution in [2.45, 2.75) is 18.2 Å². The number of benzene rings is 1. The third-order valence-electron chi connectivity index (χ3n) is 3.63. The lowest BCUT2D eigenvalue weighted by Gasteiger charge is -2.12. The minimum absolute atomic E-state index is 0.144. The first-order valence-electron chi connectivity index (χ1n) is 9.28. The van der Waals surface area contributed by atoms with Crippen molar-refractivity contribution in [3.8, 4) is 0 Å². The molecule has 0 unspecified atom stereocenters. The second-order valence-electron chi connectivity index (χ2n) is 5.84. The van der Waals surface area contributed by atoms with E-state index in [-0.39, 0.29) is 11.7 Å². The first kappa shape index (κ1) is 21.7. The highest BCUT2D eigenvalue weighted by Crippen LogP contribution is 2.18. The molecule has 0 bridgehead atoms. The molecule has 2 rings (SSSR count). The number of nitrogens with one attached hydrogen (secondary N) is 3. The normalized spacial score (nSPS) is 11.1. The molecule has 0 aliphatic carbocycles. The molecule has 1 aromatic carbocycles. The zero-order valence-corrected chi connectivity index (χ0v) is 16.8. The molecule has 0 saturated carbocycles. The molecular weight excluding hydrogens is 377 g/mol. The predicted molar refractivity (Wildman–Crippen MR) is 112 cm³/mol. The molecule has 3 N–H and O–H groups in total. The number of hydrogen-bond donors (Lipinski definition) is 3. The van der Waals surface area contributed by atoms with Crippen molar-refractivity contribution in [3.05, 3.63) is 60.2 Å². The minimum atomic E-state index is -0.216. The summed E-state index contributed by atoms with van der Waals surface area (Å²) < 4.78 is 12.9. The molecule has 0 aliphatic rings. The van der Waals surface area contributed by atoms with Gasteiger partial charge in [-0.3, -0.25) is 14.8 Å². The fourth-order valence-corrected chi connectivity index (χ4v) is 3.11. The van der Waals surface area contributed by atoms with Gasteiger partial charge in [0.15, 0.2) is 5.96 Å². The molecule has 6 nitrogen and oxygen atoms in total. The minimum Gasteiger partial charge on any atom is -0.357 e. The van der Waals surface area contributed by atoms with E-state index in [1.165, 1.54) is 18.3 Å². The largest absolute Gasteiger partial charge is 0.357 e. The summed E-state index contributed by atoms with van der Waals surface area (Å²) in [5, 5.41) is 9.23. The number of nitrogens with zero attached hydrogens (tertiary/aromatic N) is 2. The van der Waals surface area contributed by atoms with Crippen molar-refractivity contribution in [2.75, 3.05) is 31.9 Å². The Morgan fingerprint density at radius 3 is 2.64 bits per heavy atom. The average molecular weight is 404 g/mol. The lowest BCUT2D eigenvalue weighted by Crippen LogP contribution is -2.41. The Hall–Kier alpha value is -2.61. The van der Waals surface area contributed by atoms with Crippen LogP contribution in [0.5, 0.6) is 0 Å². The van der Waals surface area contributed by atoms with Crippen LogP contribution in [0.4, 0.5) is 4.39 Å². The summed E-state index contributed by atoms with van der Waals surface area (Å²) in [6.07, 6.45) is 4.09. The highest BCUT2D eigenvalue weighted by Gasteiger charge is 2.04. The maximum Gasteiger partial charge on any atom is 0.252 e. The van der Waals surface area contributed by atoms with E-state index in [0.717, 1.165) is 29.6 Å². The second kappa shape index (κ2) is 12.7. The fourth-order valence-electron chi connectivity index (χ4n) is 2.27. The fraction of sp³-hybridized carbons (Fsp3) is 0.350. The number of aromatic nitrogens is 1. The van der Waals surface area contributed by atoms with Crippen molar-refractivity contribution >= 4 is 23.6 Å². The van der Waals surface area contributed by atoms with Crippen LogP contribution in [0.1, 0.15) is 23.7 Å². The van der Waals surface area contributed by atoms with Crippen molar-refractivity contribution < 1.29 is 9.18 Å². The molecule has 1 heterocycles. The Morgan fingerprint density at radius 2 is 1.93 bits per heavy atom. The van der Waals surface area contributed by atoms with Crippen LogP contribution in [0.2, 0.25) is 0 Å². The van der Waals surface area contributed by atoms with Crippen LogP contribution in [-0.4, -0.2) is 48.8 Å². The van der Waals surface area contributed by atoms with Gasteiger partial charge in [-0.1, -0.05) is 0 Å². The number of aliphatic imine (C=N–C) groups is 1. The van der Waals surface area contributed by atoms with Crippen LogP contribution < -0.4 is 16.0 Å². The van der Waals surface area contributed by atoms with Crippen molar-refractivity contribution in [1.82, 2.24) is 20.9 Å². The van der Waals surface area contributed by atoms with Crippen LogP contribution >= 0.6 is 11.8 Å². The Balaban J connectivity index is 1.64. The number of thioether (sulfide) groups is 1. The Labute approximate surface area is 169 Å². The van der Waals surface area contributed by atoms with E-state index >= 15 is 0 Å². The monoisotopic (exact) mass is 403 g/mol. The van der Waals surface area contributed by atoms with Gasteiger partial charge in [0, 0.05) is 43.5 Å². The molecule has 0 spiro atoms. The van der Waals surface area contributed by atoms with Crippen molar-refractivity contribution in [2.24, 2.45) is 4.99 Å². The van der Waals surface area contributed by atoms with E-state index in [2.05, 4.69) is 25.9 Å². The van der Waals surface area contributed by atoms with Crippen LogP contribution in [0.25, 0.3) is 0 Å². The number of pyridine rings is 1. The molecule has 0 radical (unpaired) electrons. The number of hydrogen-bond acceptors (Lipinski definition) is 4. The van der Waals surface area contributed by atoms with Gasteiger partial charge in [-0.2, -0.15) is 0 Å². The Kier molecular flexibility index (Phi) is 9.85. The van der Waals surface area contributed by atoms with Gasteiger partial charge < -0.3 is 16.0 Å². The summed E-state index contributed by atoms with van der Waals surface area (Å²) in [6, 6.07) is 9.98. The molecule has 0 aliphatic heterocycles. The van der Waals surface area contributed by atoms with Gasteiger partial charge in [0.05, 0.1) is 5.56 Å². The van der Waals surface area contributed by atoms with Crippen LogP contribution in [0.3, 0.4) is 0 Å². The third-order valence-corrected chi connectivity index (χ3v) is 4.72. The summed E-state index contributed by atoms with van der Waals surface area (Å²) in [4.78, 5) is 21.5. The van der Waals surface area contributed by atoms with Gasteiger partial charge in [-0.15, -0.1) is 11.8 Å². The molecule has 8 heteroatoms. The van der Waals surface area contributed by atoms with Crippen molar-refractivity contribution in [1.29, 1.82) is 0 Å². The molecule has 1 amide bonds. The third kappa shape index (κ3) is 8.39. The molecule has 0 atom stereocenters. The van der Waals surface area contributed by atoms with E-state index in [0.29, 0.717) is 25.2 Å². The summed E-state index contributed by atoms with van der Waals surface area (Å²) in [7, 11) is 0. The second-order valence-corrected chi connectivity index (χ2v) is 7.01. The van der Waals surface area contributed by atoms with Crippen LogP contribution in [0.15, 0.2) is 58.7 Å². The topological polar surface area (TPSA) is 78.4 Å². The first-order valence-corrected chi connectivity index (χ1v) is 10.3. The number of carbonyl (C=O) groups is 1. The van der Waals surface area contributed by atoms with Gasteiger partial charge in [0.1, 0.15) is 5.82 Å². The zero-order valence-electron chi connectivity index (χ0n) is 16.0. The van der Waals surface area contributed by atoms with E-state index in [1.54, 1.807) is 42.2 Å². The highest BCUT2D eigenvalue weighted by atomic mass is 32.2. The summed E-state index contributed by atoms with van der Waals surface area (Å²) in [5.74, 6) is 1.28. The van der Waals surface area contributed by atoms with Gasteiger partial charge in [-0.25, -0.2) is 4.39 Å². The van der Waals surface area contributed by atoms with E-state index in [1.807, 2.05) is 6.92 Å². The van der Waals surface area contributed by atoms with Crippen LogP contribution in [-0.2, 0) is 0 Å². The SMILES string of the molecule is CCNC(=NCCCSc1ccc(F)cc1)NCCNC(=O)c1cccnc1. The van der Waals surface area contributed by atoms with Gasteiger partial charge in [-0.05, 0) is 55.5 Å². The number of halogens is 1. The van der Waals surface area contributed by atoms with Crippen LogP contribution in [0, 0.1) is 5.82 Å². The highest BCUT2D eigenvalue weighted by molar-refractivity contribution is 7.99. The first-order chi connectivity index (χ1) is 13.7. The molecule has 150 valence electrons. The van der Waals surface area contributed by atoms with Gasteiger partial charge >= 0.3 is 0 Å². The van der Waals surface area contributed by atoms with Crippen molar-refractivity contribution in [3.63, 3.8) is 0 Å². The molecule has 2 aromatic rings. The molecule has 0 saturated heterocycles. The summed E-state index contributed by atoms with van der Waals surface area (Å²) >= 11 is 1.69.